The van der Waals surface area contributed by atoms with E-state index in [4.69, 9.17) is 0 Å². The first kappa shape index (κ1) is 20.2. The molecule has 0 aromatic heterocycles. The third kappa shape index (κ3) is 24.9. The van der Waals surface area contributed by atoms with E-state index in [2.05, 4.69) is 31.2 Å². The molecule has 0 spiro atoms. The molecule has 0 amide bonds. The highest BCUT2D eigenvalue weighted by Crippen LogP contribution is 2.10. The summed E-state index contributed by atoms with van der Waals surface area (Å²) >= 11 is 0. The van der Waals surface area contributed by atoms with Gasteiger partial charge in [0.2, 0.25) is 0 Å². The summed E-state index contributed by atoms with van der Waals surface area (Å²) in [5.41, 5.74) is 0. The summed E-state index contributed by atoms with van der Waals surface area (Å²) in [6.07, 6.45) is 14.4. The fourth-order valence-electron chi connectivity index (χ4n) is 1.92. The molecule has 112 valence electrons. The molecule has 2 nitrogen and oxygen atoms in total. The van der Waals surface area contributed by atoms with Crippen LogP contribution in [0.4, 0.5) is 0 Å². The monoisotopic (exact) mass is 258 g/mol. The lowest BCUT2D eigenvalue weighted by atomic mass is 10.1. The van der Waals surface area contributed by atoms with Gasteiger partial charge in [-0.25, -0.2) is 0 Å². The molecular formula is C16H38N2. The lowest BCUT2D eigenvalue weighted by Gasteiger charge is -2.08. The Morgan fingerprint density at radius 1 is 0.667 bits per heavy atom. The molecule has 0 radical (unpaired) electrons. The van der Waals surface area contributed by atoms with Crippen molar-refractivity contribution in [1.29, 1.82) is 0 Å². The van der Waals surface area contributed by atoms with Crippen molar-refractivity contribution >= 4 is 0 Å². The molecule has 0 aliphatic heterocycles. The molecule has 0 heterocycles. The third-order valence-electron chi connectivity index (χ3n) is 2.96. The zero-order valence-corrected chi connectivity index (χ0v) is 13.7. The minimum atomic E-state index is 1.26. The van der Waals surface area contributed by atoms with Crippen molar-refractivity contribution < 1.29 is 0 Å². The van der Waals surface area contributed by atoms with Gasteiger partial charge < -0.3 is 10.2 Å². The Bertz CT molecular complexity index is 124. The predicted molar refractivity (Wildman–Crippen MR) is 85.4 cm³/mol. The van der Waals surface area contributed by atoms with Crippen LogP contribution in [0.1, 0.15) is 71.1 Å². The van der Waals surface area contributed by atoms with Crippen molar-refractivity contribution in [2.45, 2.75) is 71.1 Å². The number of nitrogens with zero attached hydrogens (tertiary/aromatic N) is 1. The highest BCUT2D eigenvalue weighted by Gasteiger charge is 1.93. The third-order valence-corrected chi connectivity index (χ3v) is 2.96. The summed E-state index contributed by atoms with van der Waals surface area (Å²) in [5.74, 6) is 0. The average Bonchev–Trinajstić information content (AvgIpc) is 2.32. The maximum Gasteiger partial charge on any atom is -0.00248 e. The number of nitrogens with one attached hydrogen (secondary N) is 1. The molecule has 0 saturated heterocycles. The van der Waals surface area contributed by atoms with Gasteiger partial charge in [-0.15, -0.1) is 0 Å². The molecule has 0 fully saturated rings. The molecule has 0 aliphatic carbocycles. The summed E-state index contributed by atoms with van der Waals surface area (Å²) < 4.78 is 0. The van der Waals surface area contributed by atoms with Crippen LogP contribution in [0.3, 0.4) is 0 Å². The lowest BCUT2D eigenvalue weighted by molar-refractivity contribution is 0.389. The Balaban J connectivity index is 0. The molecule has 0 aliphatic rings. The van der Waals surface area contributed by atoms with Gasteiger partial charge in [-0.05, 0) is 41.2 Å². The highest BCUT2D eigenvalue weighted by molar-refractivity contribution is 4.49. The zero-order chi connectivity index (χ0) is 14.1. The molecule has 2 heteroatoms. The number of unbranched alkanes of at least 4 members (excludes halogenated alkanes) is 9. The highest BCUT2D eigenvalue weighted by atomic mass is 15.0. The zero-order valence-electron chi connectivity index (χ0n) is 13.7. The molecule has 18 heavy (non-hydrogen) atoms. The van der Waals surface area contributed by atoms with Gasteiger partial charge in [-0.2, -0.15) is 0 Å². The van der Waals surface area contributed by atoms with Crippen molar-refractivity contribution in [3.05, 3.63) is 0 Å². The Labute approximate surface area is 117 Å². The smallest absolute Gasteiger partial charge is 0.00248 e. The van der Waals surface area contributed by atoms with E-state index < -0.39 is 0 Å². The van der Waals surface area contributed by atoms with Gasteiger partial charge in [0.15, 0.2) is 0 Å². The first-order chi connectivity index (χ1) is 8.68. The van der Waals surface area contributed by atoms with E-state index in [9.17, 15) is 0 Å². The van der Waals surface area contributed by atoms with Crippen LogP contribution >= 0.6 is 0 Å². The Kier molecular flexibility index (Phi) is 21.7. The maximum absolute atomic E-state index is 2.75. The molecular weight excluding hydrogens is 220 g/mol. The topological polar surface area (TPSA) is 15.3 Å². The minimum absolute atomic E-state index is 1.26. The van der Waals surface area contributed by atoms with E-state index in [0.717, 1.165) is 0 Å². The van der Waals surface area contributed by atoms with Crippen LogP contribution in [0.15, 0.2) is 0 Å². The Hall–Kier alpha value is -0.0800. The van der Waals surface area contributed by atoms with Crippen molar-refractivity contribution in [3.8, 4) is 0 Å². The quantitative estimate of drug-likeness (QED) is 0.556. The molecule has 0 saturated carbocycles. The van der Waals surface area contributed by atoms with Crippen molar-refractivity contribution in [2.24, 2.45) is 0 Å². The van der Waals surface area contributed by atoms with Gasteiger partial charge in [0, 0.05) is 0 Å². The van der Waals surface area contributed by atoms with Crippen molar-refractivity contribution in [1.82, 2.24) is 10.2 Å². The van der Waals surface area contributed by atoms with Crippen LogP contribution in [-0.4, -0.2) is 39.6 Å². The van der Waals surface area contributed by atoms with Crippen molar-refractivity contribution in [2.75, 3.05) is 34.7 Å². The van der Waals surface area contributed by atoms with E-state index in [1.165, 1.54) is 70.8 Å². The number of rotatable bonds is 11. The summed E-state index contributed by atoms with van der Waals surface area (Å²) in [5, 5.41) is 2.75. The number of hydrogen-bond acceptors (Lipinski definition) is 2. The van der Waals surface area contributed by atoms with Gasteiger partial charge in [0.25, 0.3) is 0 Å². The largest absolute Gasteiger partial charge is 0.323 e. The van der Waals surface area contributed by atoms with Gasteiger partial charge in [0.1, 0.15) is 0 Å². The SMILES string of the molecule is CCCCCCCCCCCCN(C)C.CNC. The predicted octanol–water partition coefficient (Wildman–Crippen LogP) is 4.30. The van der Waals surface area contributed by atoms with Gasteiger partial charge in [-0.3, -0.25) is 0 Å². The van der Waals surface area contributed by atoms with E-state index in [1.807, 2.05) is 14.1 Å². The van der Waals surface area contributed by atoms with Gasteiger partial charge >= 0.3 is 0 Å². The summed E-state index contributed by atoms with van der Waals surface area (Å²) in [6, 6.07) is 0. The average molecular weight is 258 g/mol. The second-order valence-electron chi connectivity index (χ2n) is 5.49. The standard InChI is InChI=1S/C14H31N.C2H7N/c1-4-5-6-7-8-9-10-11-12-13-14-15(2)3;1-3-2/h4-14H2,1-3H3;3H,1-2H3. The summed E-state index contributed by atoms with van der Waals surface area (Å²) in [7, 11) is 8.07. The summed E-state index contributed by atoms with van der Waals surface area (Å²) in [4.78, 5) is 2.28. The second-order valence-corrected chi connectivity index (χ2v) is 5.49. The first-order valence-corrected chi connectivity index (χ1v) is 7.92. The minimum Gasteiger partial charge on any atom is -0.323 e. The molecule has 0 aromatic rings. The number of hydrogen-bond donors (Lipinski definition) is 1. The lowest BCUT2D eigenvalue weighted by Crippen LogP contribution is -2.12. The molecule has 1 N–H and O–H groups in total. The van der Waals surface area contributed by atoms with Gasteiger partial charge in [0.05, 0.1) is 0 Å². The first-order valence-electron chi connectivity index (χ1n) is 7.92. The van der Waals surface area contributed by atoms with E-state index in [1.54, 1.807) is 0 Å². The maximum atomic E-state index is 2.75. The van der Waals surface area contributed by atoms with Crippen LogP contribution in [-0.2, 0) is 0 Å². The van der Waals surface area contributed by atoms with Crippen molar-refractivity contribution in [3.63, 3.8) is 0 Å². The molecule has 0 unspecified atom stereocenters. The molecule has 0 rings (SSSR count). The summed E-state index contributed by atoms with van der Waals surface area (Å²) in [6.45, 7) is 3.54. The Morgan fingerprint density at radius 2 is 1.00 bits per heavy atom. The van der Waals surface area contributed by atoms with Crippen LogP contribution in [0.25, 0.3) is 0 Å². The van der Waals surface area contributed by atoms with Crippen LogP contribution in [0, 0.1) is 0 Å². The fraction of sp³-hybridized carbons (Fsp3) is 1.00. The molecule has 0 aromatic carbocycles. The van der Waals surface area contributed by atoms with Gasteiger partial charge in [-0.1, -0.05) is 64.7 Å². The Morgan fingerprint density at radius 3 is 1.33 bits per heavy atom. The second kappa shape index (κ2) is 19.3. The van der Waals surface area contributed by atoms with E-state index in [0.29, 0.717) is 0 Å². The molecule has 0 bridgehead atoms. The van der Waals surface area contributed by atoms with Crippen LogP contribution in [0.2, 0.25) is 0 Å². The van der Waals surface area contributed by atoms with Crippen LogP contribution < -0.4 is 5.32 Å². The van der Waals surface area contributed by atoms with E-state index in [-0.39, 0.29) is 0 Å². The fourth-order valence-corrected chi connectivity index (χ4v) is 1.92. The van der Waals surface area contributed by atoms with E-state index >= 15 is 0 Å². The normalized spacial score (nSPS) is 10.3. The molecule has 0 atom stereocenters. The van der Waals surface area contributed by atoms with Crippen LogP contribution in [0.5, 0.6) is 0 Å².